The zero-order valence-electron chi connectivity index (χ0n) is 48.6. The second-order valence-corrected chi connectivity index (χ2v) is 25.1. The van der Waals surface area contributed by atoms with E-state index in [0.29, 0.717) is 30.6 Å². The number of rotatable bonds is 19. The van der Waals surface area contributed by atoms with E-state index in [1.165, 1.54) is 43.0 Å². The van der Waals surface area contributed by atoms with Crippen LogP contribution in [-0.2, 0) is 68.5 Å². The van der Waals surface area contributed by atoms with Crippen LogP contribution in [0.1, 0.15) is 118 Å². The van der Waals surface area contributed by atoms with E-state index in [1.54, 1.807) is 73.7 Å². The molecule has 5 heterocycles. The molecule has 22 nitrogen and oxygen atoms in total. The summed E-state index contributed by atoms with van der Waals surface area (Å²) in [5.41, 5.74) is -2.93. The summed E-state index contributed by atoms with van der Waals surface area (Å²) in [6, 6.07) is 3.64. The van der Waals surface area contributed by atoms with Gasteiger partial charge < -0.3 is 62.9 Å². The molecule has 20 atom stereocenters. The number of aromatic nitrogens is 3. The van der Waals surface area contributed by atoms with Gasteiger partial charge in [-0.25, -0.2) is 22.3 Å². The van der Waals surface area contributed by atoms with Crippen LogP contribution in [0.4, 0.5) is 9.18 Å². The lowest BCUT2D eigenvalue weighted by Gasteiger charge is -2.50. The first-order chi connectivity index (χ1) is 37.1. The SMILES string of the molecule is CC[C@H]1OC(=O)[C@H](C)[C@@H](O[C@H]2C[C@@](C)(OC)[C@@H](O)[C@H](C)O2)[C@H](C)[C@@H](O[C@@H]2O[C@H](C)C[C@H](N(C)CCc3cn([C@H](CF)[C@H](OC)c4ccc(S(C)(=O)=O)cc4)nn3)[C@H]2O)[C@](C)(OC)C[C@@H](C)C(=O)[C@H](C)[C@H]2N(CCO)C(=O)O[C@]12C. The number of carbonyl (C=O) groups is 3. The molecule has 1 aromatic carbocycles. The number of ether oxygens (including phenoxy) is 9. The minimum absolute atomic E-state index is 0.0415. The zero-order chi connectivity index (χ0) is 58.7. The summed E-state index contributed by atoms with van der Waals surface area (Å²) < 4.78 is 97.6. The van der Waals surface area contributed by atoms with E-state index in [9.17, 15) is 42.5 Å². The number of cyclic esters (lactones) is 1. The Morgan fingerprint density at radius 3 is 2.18 bits per heavy atom. The van der Waals surface area contributed by atoms with Crippen LogP contribution < -0.4 is 0 Å². The number of hydrogen-bond donors (Lipinski definition) is 3. The maximum atomic E-state index is 14.9. The van der Waals surface area contributed by atoms with Crippen LogP contribution >= 0.6 is 0 Å². The lowest BCUT2D eigenvalue weighted by molar-refractivity contribution is -0.319. The monoisotopic (exact) mass is 1140 g/mol. The Morgan fingerprint density at radius 2 is 1.59 bits per heavy atom. The largest absolute Gasteiger partial charge is 0.458 e. The van der Waals surface area contributed by atoms with Crippen molar-refractivity contribution in [3.05, 3.63) is 41.7 Å². The Bertz CT molecular complexity index is 2480. The number of ketones is 1. The number of halogens is 1. The third-order valence-electron chi connectivity index (χ3n) is 17.4. The van der Waals surface area contributed by atoms with Gasteiger partial charge in [-0.2, -0.15) is 0 Å². The lowest BCUT2D eigenvalue weighted by Crippen LogP contribution is -2.62. The molecule has 0 bridgehead atoms. The number of nitrogens with zero attached hydrogens (tertiary/aromatic N) is 5. The molecule has 1 amide bonds. The summed E-state index contributed by atoms with van der Waals surface area (Å²) in [6.45, 7) is 16.4. The number of esters is 1. The van der Waals surface area contributed by atoms with E-state index >= 15 is 0 Å². The number of benzene rings is 1. The number of hydrogen-bond acceptors (Lipinski definition) is 20. The van der Waals surface area contributed by atoms with Crippen molar-refractivity contribution < 1.29 is 85.1 Å². The van der Waals surface area contributed by atoms with Crippen LogP contribution in [0.15, 0.2) is 35.4 Å². The Morgan fingerprint density at radius 1 is 0.937 bits per heavy atom. The number of β-amino-alcohol motifs (C(OH)–C–C–N with tert-alkyl or cyclic N) is 1. The van der Waals surface area contributed by atoms with Gasteiger partial charge >= 0.3 is 12.1 Å². The molecule has 6 rings (SSSR count). The standard InChI is InChI=1S/C55H88FN5O17S/c1-16-41-55(10)47(60(23-24-62)52(67)78-55)32(4)43(63)30(2)26-54(9,72-14)49(33(5)45(34(6)50(66)75-41)76-42-27-53(8,71-13)48(65)35(7)74-42)77-51-44(64)39(25-31(3)73-51)59(11)22-21-37-29-61(58-57-37)40(28-56)46(70-12)36-17-19-38(20-18-36)79(15,68)69/h17-20,29-35,39-42,44-49,51,62,64-65H,16,21-28H2,1-15H3/t30-,31-,32+,33+,34-,35+,39+,40-,41-,42+,44-,45+,46-,47-,48+,49-,51+,53-,54-,55-/m1/s1. The Kier molecular flexibility index (Phi) is 21.4. The second-order valence-electron chi connectivity index (χ2n) is 23.1. The summed E-state index contributed by atoms with van der Waals surface area (Å²) in [7, 11) is 2.81. The van der Waals surface area contributed by atoms with Crippen LogP contribution in [0.5, 0.6) is 0 Å². The number of likely N-dealkylation sites (N-methyl/N-ethyl adjacent to an activating group) is 1. The van der Waals surface area contributed by atoms with Crippen LogP contribution in [0, 0.1) is 23.7 Å². The highest BCUT2D eigenvalue weighted by molar-refractivity contribution is 7.90. The van der Waals surface area contributed by atoms with Gasteiger partial charge in [0.2, 0.25) is 0 Å². The normalized spacial score (nSPS) is 38.0. The summed E-state index contributed by atoms with van der Waals surface area (Å²) in [6.07, 6.45) is -6.93. The molecule has 0 saturated carbocycles. The van der Waals surface area contributed by atoms with Gasteiger partial charge in [0.15, 0.2) is 28.0 Å². The third kappa shape index (κ3) is 13.7. The molecule has 0 aliphatic carbocycles. The van der Waals surface area contributed by atoms with Gasteiger partial charge in [-0.15, -0.1) is 5.10 Å². The molecule has 4 aliphatic rings. The molecule has 4 saturated heterocycles. The summed E-state index contributed by atoms with van der Waals surface area (Å²) in [5.74, 6) is -4.55. The van der Waals surface area contributed by atoms with E-state index in [-0.39, 0.29) is 36.5 Å². The van der Waals surface area contributed by atoms with Crippen LogP contribution in [0.25, 0.3) is 0 Å². The average molecular weight is 1140 g/mol. The summed E-state index contributed by atoms with van der Waals surface area (Å²) in [5, 5.41) is 42.3. The number of fused-ring (bicyclic) bond motifs is 1. The first-order valence-electron chi connectivity index (χ1n) is 27.5. The predicted molar refractivity (Wildman–Crippen MR) is 284 cm³/mol. The highest BCUT2D eigenvalue weighted by Crippen LogP contribution is 2.45. The van der Waals surface area contributed by atoms with Crippen LogP contribution in [0.3, 0.4) is 0 Å². The van der Waals surface area contributed by atoms with E-state index < -0.39 is 155 Å². The van der Waals surface area contributed by atoms with Gasteiger partial charge in [0.1, 0.15) is 42.9 Å². The molecule has 3 N–H and O–H groups in total. The predicted octanol–water partition coefficient (Wildman–Crippen LogP) is 4.41. The number of methoxy groups -OCH3 is 3. The Labute approximate surface area is 465 Å². The van der Waals surface area contributed by atoms with Gasteiger partial charge in [-0.05, 0) is 85.5 Å². The first-order valence-corrected chi connectivity index (χ1v) is 29.4. The van der Waals surface area contributed by atoms with Crippen LogP contribution in [0.2, 0.25) is 0 Å². The second kappa shape index (κ2) is 26.2. The molecule has 2 aromatic rings. The van der Waals surface area contributed by atoms with E-state index in [4.69, 9.17) is 42.6 Å². The van der Waals surface area contributed by atoms with Gasteiger partial charge in [0.25, 0.3) is 0 Å². The number of Topliss-reactive ketones (excluding diaryl/α,β-unsaturated/α-hetero) is 1. The maximum Gasteiger partial charge on any atom is 0.411 e. The van der Waals surface area contributed by atoms with Gasteiger partial charge in [-0.3, -0.25) is 14.5 Å². The highest BCUT2D eigenvalue weighted by atomic mass is 32.2. The Hall–Kier alpha value is -3.79. The molecule has 24 heteroatoms. The van der Waals surface area contributed by atoms with Crippen molar-refractivity contribution in [2.45, 2.75) is 203 Å². The van der Waals surface area contributed by atoms with E-state index in [1.807, 2.05) is 25.8 Å². The third-order valence-corrected chi connectivity index (χ3v) is 18.5. The molecule has 0 unspecified atom stereocenters. The minimum atomic E-state index is -3.45. The summed E-state index contributed by atoms with van der Waals surface area (Å²) in [4.78, 5) is 46.9. The van der Waals surface area contributed by atoms with Gasteiger partial charge in [0.05, 0.1) is 64.8 Å². The maximum absolute atomic E-state index is 14.9. The van der Waals surface area contributed by atoms with Crippen molar-refractivity contribution in [3.63, 3.8) is 0 Å². The molecular formula is C55H88FN5O17S. The molecule has 448 valence electrons. The van der Waals surface area contributed by atoms with Crippen LogP contribution in [-0.4, -0.2) is 212 Å². The smallest absolute Gasteiger partial charge is 0.411 e. The zero-order valence-corrected chi connectivity index (χ0v) is 49.5. The van der Waals surface area contributed by atoms with Crippen molar-refractivity contribution in [2.24, 2.45) is 23.7 Å². The molecular weight excluding hydrogens is 1050 g/mol. The topological polar surface area (TPSA) is 266 Å². The fraction of sp³-hybridized carbons (Fsp3) is 0.800. The van der Waals surface area contributed by atoms with E-state index in [2.05, 4.69) is 10.3 Å². The van der Waals surface area contributed by atoms with Crippen molar-refractivity contribution >= 4 is 27.7 Å². The number of carbonyl (C=O) groups excluding carboxylic acids is 3. The average Bonchev–Trinajstić information content (AvgIpc) is 4.19. The first kappa shape index (κ1) is 64.4. The van der Waals surface area contributed by atoms with E-state index in [0.717, 1.165) is 6.26 Å². The van der Waals surface area contributed by atoms with Crippen molar-refractivity contribution in [1.82, 2.24) is 24.8 Å². The van der Waals surface area contributed by atoms with Crippen molar-refractivity contribution in [2.75, 3.05) is 61.0 Å². The number of amides is 1. The Balaban J connectivity index is 1.32. The number of sulfone groups is 1. The molecule has 79 heavy (non-hydrogen) atoms. The fourth-order valence-corrected chi connectivity index (χ4v) is 13.3. The molecule has 1 aromatic heterocycles. The molecule has 4 aliphatic heterocycles. The van der Waals surface area contributed by atoms with Crippen molar-refractivity contribution in [3.8, 4) is 0 Å². The molecule has 4 fully saturated rings. The molecule has 0 spiro atoms. The number of alkyl halides is 1. The fourth-order valence-electron chi connectivity index (χ4n) is 12.7. The number of aliphatic hydroxyl groups excluding tert-OH is 3. The minimum Gasteiger partial charge on any atom is -0.458 e. The highest BCUT2D eigenvalue weighted by Gasteiger charge is 2.61. The van der Waals surface area contributed by atoms with Gasteiger partial charge in [0, 0.05) is 83.5 Å². The lowest BCUT2D eigenvalue weighted by atomic mass is 9.73. The molecule has 0 radical (unpaired) electrons. The number of aliphatic hydroxyl groups is 3. The quantitative estimate of drug-likeness (QED) is 0.165. The van der Waals surface area contributed by atoms with Crippen molar-refractivity contribution in [1.29, 1.82) is 0 Å². The summed E-state index contributed by atoms with van der Waals surface area (Å²) >= 11 is 0. The van der Waals surface area contributed by atoms with Gasteiger partial charge in [-0.1, -0.05) is 45.0 Å².